The zero-order valence-electron chi connectivity index (χ0n) is 12.3. The topological polar surface area (TPSA) is 46.5 Å². The number of unbranched alkanes of at least 4 members (excludes halogenated alkanes) is 8. The summed E-state index contributed by atoms with van der Waals surface area (Å²) in [6.45, 7) is 7.21. The van der Waals surface area contributed by atoms with E-state index >= 15 is 0 Å². The third kappa shape index (κ3) is 5.74. The van der Waals surface area contributed by atoms with Crippen LogP contribution in [0.15, 0.2) is 36.6 Å². The zero-order valence-corrected chi connectivity index (χ0v) is 12.3. The molecule has 0 aliphatic carbocycles. The number of allylic oxidation sites excluding steroid dienone is 2. The van der Waals surface area contributed by atoms with Gasteiger partial charge < -0.3 is 9.84 Å². The number of esters is 1. The van der Waals surface area contributed by atoms with Crippen LogP contribution in [0.4, 0.5) is 0 Å². The van der Waals surface area contributed by atoms with Crippen LogP contribution >= 0.6 is 0 Å². The number of hydrogen-bond donors (Lipinski definition) is 1. The molecule has 1 aliphatic rings. The van der Waals surface area contributed by atoms with E-state index in [0.717, 1.165) is 25.7 Å². The molecule has 0 aromatic rings. The number of hydrogen-bond acceptors (Lipinski definition) is 3. The Morgan fingerprint density at radius 1 is 1.05 bits per heavy atom. The minimum atomic E-state index is -0.938. The Balaban J connectivity index is 2.03. The SMILES string of the molecule is C=CCCCCCCCCCC=C1C(=O)OC(=C)[C@H]1O. The monoisotopic (exact) mass is 278 g/mol. The van der Waals surface area contributed by atoms with Crippen LogP contribution in [0.3, 0.4) is 0 Å². The molecule has 0 saturated carbocycles. The van der Waals surface area contributed by atoms with Gasteiger partial charge in [-0.05, 0) is 25.7 Å². The smallest absolute Gasteiger partial charge is 0.341 e. The van der Waals surface area contributed by atoms with Crippen LogP contribution in [-0.2, 0) is 9.53 Å². The number of carbonyl (C=O) groups excluding carboxylic acids is 1. The fraction of sp³-hybridized carbons (Fsp3) is 0.588. The Morgan fingerprint density at radius 3 is 2.10 bits per heavy atom. The van der Waals surface area contributed by atoms with Gasteiger partial charge in [-0.15, -0.1) is 6.58 Å². The number of rotatable bonds is 10. The second kappa shape index (κ2) is 9.54. The lowest BCUT2D eigenvalue weighted by Crippen LogP contribution is -2.07. The van der Waals surface area contributed by atoms with Crippen molar-refractivity contribution in [2.45, 2.75) is 63.9 Å². The van der Waals surface area contributed by atoms with Gasteiger partial charge in [-0.1, -0.05) is 50.8 Å². The summed E-state index contributed by atoms with van der Waals surface area (Å²) in [6, 6.07) is 0. The van der Waals surface area contributed by atoms with E-state index in [4.69, 9.17) is 4.74 Å². The van der Waals surface area contributed by atoms with Gasteiger partial charge in [-0.3, -0.25) is 0 Å². The van der Waals surface area contributed by atoms with Gasteiger partial charge in [-0.25, -0.2) is 4.79 Å². The summed E-state index contributed by atoms with van der Waals surface area (Å²) in [5.74, 6) is -0.314. The maximum Gasteiger partial charge on any atom is 0.341 e. The van der Waals surface area contributed by atoms with E-state index in [2.05, 4.69) is 13.2 Å². The van der Waals surface area contributed by atoms with E-state index in [1.54, 1.807) is 6.08 Å². The number of ether oxygens (including phenoxy) is 1. The highest BCUT2D eigenvalue weighted by Crippen LogP contribution is 2.23. The molecule has 3 nitrogen and oxygen atoms in total. The molecule has 0 radical (unpaired) electrons. The fourth-order valence-electron chi connectivity index (χ4n) is 2.29. The highest BCUT2D eigenvalue weighted by atomic mass is 16.6. The second-order valence-electron chi connectivity index (χ2n) is 5.26. The van der Waals surface area contributed by atoms with E-state index in [0.29, 0.717) is 5.57 Å². The lowest BCUT2D eigenvalue weighted by atomic mass is 10.1. The minimum Gasteiger partial charge on any atom is -0.425 e. The largest absolute Gasteiger partial charge is 0.425 e. The lowest BCUT2D eigenvalue weighted by molar-refractivity contribution is -0.132. The quantitative estimate of drug-likeness (QED) is 0.284. The number of aliphatic hydroxyl groups excluding tert-OH is 1. The van der Waals surface area contributed by atoms with E-state index in [1.165, 1.54) is 32.1 Å². The molecule has 20 heavy (non-hydrogen) atoms. The molecule has 1 rings (SSSR count). The van der Waals surface area contributed by atoms with Crippen molar-refractivity contribution in [3.05, 3.63) is 36.6 Å². The van der Waals surface area contributed by atoms with Crippen molar-refractivity contribution >= 4 is 5.97 Å². The average Bonchev–Trinajstić information content (AvgIpc) is 2.67. The molecule has 0 amide bonds. The normalized spacial score (nSPS) is 20.4. The third-order valence-electron chi connectivity index (χ3n) is 3.54. The van der Waals surface area contributed by atoms with Gasteiger partial charge in [0.05, 0.1) is 5.57 Å². The molecule has 3 heteroatoms. The molecule has 1 atom stereocenters. The predicted molar refractivity (Wildman–Crippen MR) is 81.1 cm³/mol. The summed E-state index contributed by atoms with van der Waals surface area (Å²) in [6.07, 6.45) is 13.3. The maximum absolute atomic E-state index is 11.4. The van der Waals surface area contributed by atoms with Crippen molar-refractivity contribution in [3.8, 4) is 0 Å². The molecule has 0 bridgehead atoms. The number of carbonyl (C=O) groups is 1. The summed E-state index contributed by atoms with van der Waals surface area (Å²) in [5.41, 5.74) is 0.347. The Hall–Kier alpha value is -1.35. The Kier molecular flexibility index (Phi) is 7.97. The van der Waals surface area contributed by atoms with Gasteiger partial charge in [0.25, 0.3) is 0 Å². The second-order valence-corrected chi connectivity index (χ2v) is 5.26. The van der Waals surface area contributed by atoms with Crippen LogP contribution in [-0.4, -0.2) is 17.2 Å². The fourth-order valence-corrected chi connectivity index (χ4v) is 2.29. The predicted octanol–water partition coefficient (Wildman–Crippen LogP) is 4.04. The molecule has 0 aromatic carbocycles. The highest BCUT2D eigenvalue weighted by Gasteiger charge is 2.32. The summed E-state index contributed by atoms with van der Waals surface area (Å²) in [5, 5.41) is 9.65. The molecular weight excluding hydrogens is 252 g/mol. The summed E-state index contributed by atoms with van der Waals surface area (Å²) >= 11 is 0. The van der Waals surface area contributed by atoms with E-state index in [1.807, 2.05) is 6.08 Å². The molecule has 1 saturated heterocycles. The van der Waals surface area contributed by atoms with Crippen molar-refractivity contribution in [2.75, 3.05) is 0 Å². The summed E-state index contributed by atoms with van der Waals surface area (Å²) in [4.78, 5) is 11.4. The standard InChI is InChI=1S/C17H26O3/c1-3-4-5-6-7-8-9-10-11-12-13-15-16(18)14(2)20-17(15)19/h3,13,16,18H,1-2,4-12H2/t16-/m1/s1. The summed E-state index contributed by atoms with van der Waals surface area (Å²) in [7, 11) is 0. The van der Waals surface area contributed by atoms with E-state index < -0.39 is 12.1 Å². The molecular formula is C17H26O3. The molecule has 1 aliphatic heterocycles. The van der Waals surface area contributed by atoms with Crippen molar-refractivity contribution < 1.29 is 14.6 Å². The first kappa shape index (κ1) is 16.7. The molecule has 1 fully saturated rings. The van der Waals surface area contributed by atoms with Crippen LogP contribution in [0.1, 0.15) is 57.8 Å². The van der Waals surface area contributed by atoms with Crippen LogP contribution < -0.4 is 0 Å². The van der Waals surface area contributed by atoms with Crippen molar-refractivity contribution in [1.82, 2.24) is 0 Å². The van der Waals surface area contributed by atoms with Crippen LogP contribution in [0.5, 0.6) is 0 Å². The van der Waals surface area contributed by atoms with Gasteiger partial charge >= 0.3 is 5.97 Å². The first-order chi connectivity index (χ1) is 9.66. The van der Waals surface area contributed by atoms with Crippen LogP contribution in [0.2, 0.25) is 0 Å². The van der Waals surface area contributed by atoms with E-state index in [-0.39, 0.29) is 5.76 Å². The molecule has 112 valence electrons. The zero-order chi connectivity index (χ0) is 14.8. The minimum absolute atomic E-state index is 0.140. The van der Waals surface area contributed by atoms with Gasteiger partial charge in [0.15, 0.2) is 0 Å². The maximum atomic E-state index is 11.4. The molecule has 1 heterocycles. The summed E-state index contributed by atoms with van der Waals surface area (Å²) < 4.78 is 4.77. The van der Waals surface area contributed by atoms with Crippen LogP contribution in [0, 0.1) is 0 Å². The Morgan fingerprint density at radius 2 is 1.60 bits per heavy atom. The molecule has 1 N–H and O–H groups in total. The first-order valence-electron chi connectivity index (χ1n) is 7.56. The number of aliphatic hydroxyl groups is 1. The van der Waals surface area contributed by atoms with Crippen molar-refractivity contribution in [2.24, 2.45) is 0 Å². The average molecular weight is 278 g/mol. The Labute approximate surface area is 122 Å². The lowest BCUT2D eigenvalue weighted by Gasteiger charge is -2.01. The first-order valence-corrected chi connectivity index (χ1v) is 7.56. The van der Waals surface area contributed by atoms with Crippen LogP contribution in [0.25, 0.3) is 0 Å². The highest BCUT2D eigenvalue weighted by molar-refractivity contribution is 5.93. The van der Waals surface area contributed by atoms with Crippen molar-refractivity contribution in [3.63, 3.8) is 0 Å². The Bertz CT molecular complexity index is 368. The van der Waals surface area contributed by atoms with Crippen molar-refractivity contribution in [1.29, 1.82) is 0 Å². The molecule has 0 unspecified atom stereocenters. The van der Waals surface area contributed by atoms with E-state index in [9.17, 15) is 9.90 Å². The van der Waals surface area contributed by atoms with Gasteiger partial charge in [0, 0.05) is 0 Å². The van der Waals surface area contributed by atoms with Gasteiger partial charge in [-0.2, -0.15) is 0 Å². The third-order valence-corrected chi connectivity index (χ3v) is 3.54. The molecule has 0 aromatic heterocycles. The van der Waals surface area contributed by atoms with Gasteiger partial charge in [0.1, 0.15) is 11.9 Å². The molecule has 0 spiro atoms. The van der Waals surface area contributed by atoms with Gasteiger partial charge in [0.2, 0.25) is 0 Å². The number of cyclic esters (lactones) is 1.